The minimum absolute atomic E-state index is 0.478. The monoisotopic (exact) mass is 307 g/mol. The number of benzene rings is 1. The molecule has 20 heavy (non-hydrogen) atoms. The fraction of sp³-hybridized carbons (Fsp3) is 0.412. The highest BCUT2D eigenvalue weighted by molar-refractivity contribution is 7.09. The number of hydrogen-bond donors (Lipinski definition) is 1. The van der Waals surface area contributed by atoms with E-state index in [2.05, 4.69) is 48.8 Å². The first-order valence-corrected chi connectivity index (χ1v) is 8.39. The van der Waals surface area contributed by atoms with Crippen LogP contribution < -0.4 is 5.32 Å². The van der Waals surface area contributed by atoms with Crippen molar-refractivity contribution in [1.29, 1.82) is 0 Å². The predicted octanol–water partition coefficient (Wildman–Crippen LogP) is 4.97. The summed E-state index contributed by atoms with van der Waals surface area (Å²) in [6.45, 7) is 6.53. The summed E-state index contributed by atoms with van der Waals surface area (Å²) in [7, 11) is 0. The SMILES string of the molecule is CC(C)CNCC(Cc1cccs1)c1cccc(Cl)c1. The first-order chi connectivity index (χ1) is 9.65. The molecule has 1 N–H and O–H groups in total. The standard InChI is InChI=1S/C17H22ClNS/c1-13(2)11-19-12-15(10-17-7-4-8-20-17)14-5-3-6-16(18)9-14/h3-9,13,15,19H,10-12H2,1-2H3. The van der Waals surface area contributed by atoms with Crippen molar-refractivity contribution in [3.63, 3.8) is 0 Å². The largest absolute Gasteiger partial charge is 0.316 e. The molecule has 1 aromatic heterocycles. The van der Waals surface area contributed by atoms with E-state index >= 15 is 0 Å². The molecule has 0 aliphatic heterocycles. The van der Waals surface area contributed by atoms with Crippen molar-refractivity contribution >= 4 is 22.9 Å². The average molecular weight is 308 g/mol. The topological polar surface area (TPSA) is 12.0 Å². The van der Waals surface area contributed by atoms with Crippen molar-refractivity contribution in [2.75, 3.05) is 13.1 Å². The van der Waals surface area contributed by atoms with Crippen LogP contribution in [0.5, 0.6) is 0 Å². The van der Waals surface area contributed by atoms with Gasteiger partial charge in [-0.25, -0.2) is 0 Å². The van der Waals surface area contributed by atoms with Crippen molar-refractivity contribution in [3.8, 4) is 0 Å². The quantitative estimate of drug-likeness (QED) is 0.761. The van der Waals surface area contributed by atoms with Crippen LogP contribution in [-0.4, -0.2) is 13.1 Å². The highest BCUT2D eigenvalue weighted by Crippen LogP contribution is 2.25. The molecular weight excluding hydrogens is 286 g/mol. The maximum absolute atomic E-state index is 6.14. The van der Waals surface area contributed by atoms with E-state index in [1.165, 1.54) is 10.4 Å². The van der Waals surface area contributed by atoms with Gasteiger partial charge in [0.05, 0.1) is 0 Å². The van der Waals surface area contributed by atoms with Crippen LogP contribution in [0, 0.1) is 5.92 Å². The molecule has 0 bridgehead atoms. The summed E-state index contributed by atoms with van der Waals surface area (Å²) in [4.78, 5) is 1.43. The number of hydrogen-bond acceptors (Lipinski definition) is 2. The third-order valence-corrected chi connectivity index (χ3v) is 4.42. The Kier molecular flexibility index (Phi) is 6.08. The molecule has 1 atom stereocenters. The Morgan fingerprint density at radius 2 is 2.00 bits per heavy atom. The molecular formula is C17H22ClNS. The van der Waals surface area contributed by atoms with Crippen molar-refractivity contribution in [1.82, 2.24) is 5.32 Å². The molecule has 0 spiro atoms. The zero-order valence-electron chi connectivity index (χ0n) is 12.1. The Morgan fingerprint density at radius 1 is 1.15 bits per heavy atom. The summed E-state index contributed by atoms with van der Waals surface area (Å²) in [6, 6.07) is 12.6. The molecule has 3 heteroatoms. The predicted molar refractivity (Wildman–Crippen MR) is 89.9 cm³/mol. The molecule has 1 aromatic carbocycles. The lowest BCUT2D eigenvalue weighted by atomic mass is 9.94. The van der Waals surface area contributed by atoms with E-state index in [-0.39, 0.29) is 0 Å². The van der Waals surface area contributed by atoms with Crippen LogP contribution in [-0.2, 0) is 6.42 Å². The minimum Gasteiger partial charge on any atom is -0.316 e. The van der Waals surface area contributed by atoms with Gasteiger partial charge in [0.25, 0.3) is 0 Å². The molecule has 0 saturated carbocycles. The Balaban J connectivity index is 2.06. The summed E-state index contributed by atoms with van der Waals surface area (Å²) < 4.78 is 0. The van der Waals surface area contributed by atoms with Gasteiger partial charge in [-0.15, -0.1) is 11.3 Å². The summed E-state index contributed by atoms with van der Waals surface area (Å²) in [5.41, 5.74) is 1.32. The molecule has 2 rings (SSSR count). The van der Waals surface area contributed by atoms with E-state index in [1.807, 2.05) is 23.5 Å². The van der Waals surface area contributed by atoms with Gasteiger partial charge in [0.1, 0.15) is 0 Å². The summed E-state index contributed by atoms with van der Waals surface area (Å²) in [6.07, 6.45) is 1.07. The van der Waals surface area contributed by atoms with Gasteiger partial charge in [-0.2, -0.15) is 0 Å². The van der Waals surface area contributed by atoms with Crippen molar-refractivity contribution in [3.05, 3.63) is 57.2 Å². The highest BCUT2D eigenvalue weighted by atomic mass is 35.5. The van der Waals surface area contributed by atoms with E-state index in [4.69, 9.17) is 11.6 Å². The first-order valence-electron chi connectivity index (χ1n) is 7.13. The smallest absolute Gasteiger partial charge is 0.0408 e. The van der Waals surface area contributed by atoms with Gasteiger partial charge >= 0.3 is 0 Å². The Bertz CT molecular complexity index is 507. The normalized spacial score (nSPS) is 12.8. The molecule has 0 fully saturated rings. The summed E-state index contributed by atoms with van der Waals surface area (Å²) in [5, 5.41) is 6.54. The van der Waals surface area contributed by atoms with Crippen LogP contribution in [0.1, 0.15) is 30.2 Å². The van der Waals surface area contributed by atoms with E-state index in [0.717, 1.165) is 24.5 Å². The molecule has 2 aromatic rings. The van der Waals surface area contributed by atoms with E-state index < -0.39 is 0 Å². The van der Waals surface area contributed by atoms with Crippen LogP contribution in [0.15, 0.2) is 41.8 Å². The van der Waals surface area contributed by atoms with Crippen LogP contribution >= 0.6 is 22.9 Å². The maximum atomic E-state index is 6.14. The second kappa shape index (κ2) is 7.82. The second-order valence-electron chi connectivity index (χ2n) is 5.59. The van der Waals surface area contributed by atoms with Gasteiger partial charge in [-0.3, -0.25) is 0 Å². The van der Waals surface area contributed by atoms with Crippen molar-refractivity contribution in [2.24, 2.45) is 5.92 Å². The first kappa shape index (κ1) is 15.6. The van der Waals surface area contributed by atoms with Gasteiger partial charge in [0, 0.05) is 22.4 Å². The van der Waals surface area contributed by atoms with E-state index in [9.17, 15) is 0 Å². The van der Waals surface area contributed by atoms with Gasteiger partial charge in [0.15, 0.2) is 0 Å². The zero-order chi connectivity index (χ0) is 14.4. The third kappa shape index (κ3) is 4.93. The Morgan fingerprint density at radius 3 is 2.65 bits per heavy atom. The lowest BCUT2D eigenvalue weighted by molar-refractivity contribution is 0.515. The lowest BCUT2D eigenvalue weighted by Crippen LogP contribution is -2.26. The molecule has 1 unspecified atom stereocenters. The van der Waals surface area contributed by atoms with E-state index in [0.29, 0.717) is 11.8 Å². The number of thiophene rings is 1. The maximum Gasteiger partial charge on any atom is 0.0408 e. The summed E-state index contributed by atoms with van der Waals surface area (Å²) >= 11 is 7.97. The number of nitrogens with one attached hydrogen (secondary N) is 1. The minimum atomic E-state index is 0.478. The van der Waals surface area contributed by atoms with Gasteiger partial charge in [-0.1, -0.05) is 43.6 Å². The average Bonchev–Trinajstić information content (AvgIpc) is 2.90. The lowest BCUT2D eigenvalue weighted by Gasteiger charge is -2.19. The van der Waals surface area contributed by atoms with Gasteiger partial charge in [-0.05, 0) is 48.0 Å². The molecule has 0 aliphatic rings. The fourth-order valence-corrected chi connectivity index (χ4v) is 3.27. The van der Waals surface area contributed by atoms with Crippen LogP contribution in [0.2, 0.25) is 5.02 Å². The third-order valence-electron chi connectivity index (χ3n) is 3.29. The molecule has 1 nitrogen and oxygen atoms in total. The van der Waals surface area contributed by atoms with E-state index in [1.54, 1.807) is 0 Å². The fourth-order valence-electron chi connectivity index (χ4n) is 2.29. The molecule has 0 aliphatic carbocycles. The van der Waals surface area contributed by atoms with Crippen molar-refractivity contribution in [2.45, 2.75) is 26.2 Å². The van der Waals surface area contributed by atoms with Crippen LogP contribution in [0.3, 0.4) is 0 Å². The molecule has 0 amide bonds. The number of halogens is 1. The molecule has 108 valence electrons. The van der Waals surface area contributed by atoms with Crippen LogP contribution in [0.4, 0.5) is 0 Å². The molecule has 0 radical (unpaired) electrons. The van der Waals surface area contributed by atoms with Gasteiger partial charge in [0.2, 0.25) is 0 Å². The molecule has 0 saturated heterocycles. The van der Waals surface area contributed by atoms with Gasteiger partial charge < -0.3 is 5.32 Å². The molecule has 1 heterocycles. The van der Waals surface area contributed by atoms with Crippen molar-refractivity contribution < 1.29 is 0 Å². The summed E-state index contributed by atoms with van der Waals surface area (Å²) in [5.74, 6) is 1.16. The zero-order valence-corrected chi connectivity index (χ0v) is 13.7. The Labute approximate surface area is 131 Å². The second-order valence-corrected chi connectivity index (χ2v) is 7.06. The highest BCUT2D eigenvalue weighted by Gasteiger charge is 2.13. The van der Waals surface area contributed by atoms with Crippen LogP contribution in [0.25, 0.3) is 0 Å². The Hall–Kier alpha value is -0.830. The number of rotatable bonds is 7.